The van der Waals surface area contributed by atoms with Gasteiger partial charge in [0.05, 0.1) is 5.57 Å². The Balaban J connectivity index is 1.42. The van der Waals surface area contributed by atoms with Crippen LogP contribution in [0.3, 0.4) is 0 Å². The van der Waals surface area contributed by atoms with Crippen LogP contribution in [0.5, 0.6) is 0 Å². The Morgan fingerprint density at radius 2 is 1.77 bits per heavy atom. The summed E-state index contributed by atoms with van der Waals surface area (Å²) in [7, 11) is 0. The Morgan fingerprint density at radius 3 is 2.37 bits per heavy atom. The SMILES string of the molecule is O=C(O)C1=CC=CN(CC2C3CCC2CC3)C1SCCC(F)(F)c1ccc(F)cc1. The number of alkyl halides is 2. The molecule has 1 N–H and O–H groups in total. The number of hydrogen-bond acceptors (Lipinski definition) is 3. The van der Waals surface area contributed by atoms with Gasteiger partial charge in [0.2, 0.25) is 0 Å². The minimum atomic E-state index is -3.09. The van der Waals surface area contributed by atoms with E-state index in [4.69, 9.17) is 0 Å². The quantitative estimate of drug-likeness (QED) is 0.571. The highest BCUT2D eigenvalue weighted by atomic mass is 32.2. The third-order valence-corrected chi connectivity index (χ3v) is 8.06. The van der Waals surface area contributed by atoms with Crippen molar-refractivity contribution in [1.82, 2.24) is 4.90 Å². The van der Waals surface area contributed by atoms with Gasteiger partial charge in [-0.05, 0) is 67.7 Å². The molecule has 1 heterocycles. The topological polar surface area (TPSA) is 40.5 Å². The number of nitrogens with zero attached hydrogens (tertiary/aromatic N) is 1. The molecule has 1 aromatic rings. The fraction of sp³-hybridized carbons (Fsp3) is 0.522. The van der Waals surface area contributed by atoms with Crippen molar-refractivity contribution >= 4 is 17.7 Å². The van der Waals surface area contributed by atoms with E-state index in [0.717, 1.165) is 30.8 Å². The van der Waals surface area contributed by atoms with Gasteiger partial charge in [0.15, 0.2) is 0 Å². The summed E-state index contributed by atoms with van der Waals surface area (Å²) in [5, 5.41) is 9.17. The summed E-state index contributed by atoms with van der Waals surface area (Å²) in [6.07, 6.45) is 9.76. The van der Waals surface area contributed by atoms with Crippen molar-refractivity contribution in [3.05, 3.63) is 59.6 Å². The van der Waals surface area contributed by atoms with Gasteiger partial charge in [-0.25, -0.2) is 18.0 Å². The lowest BCUT2D eigenvalue weighted by molar-refractivity contribution is -0.133. The Hall–Kier alpha value is -1.89. The maximum atomic E-state index is 14.5. The minimum Gasteiger partial charge on any atom is -0.478 e. The van der Waals surface area contributed by atoms with Gasteiger partial charge in [0, 0.05) is 30.5 Å². The van der Waals surface area contributed by atoms with Gasteiger partial charge in [0.25, 0.3) is 5.92 Å². The highest BCUT2D eigenvalue weighted by Crippen LogP contribution is 2.50. The molecule has 3 aliphatic rings. The number of rotatable bonds is 8. The molecule has 2 bridgehead atoms. The van der Waals surface area contributed by atoms with E-state index >= 15 is 0 Å². The number of fused-ring (bicyclic) bond motifs is 2. The fourth-order valence-electron chi connectivity index (χ4n) is 5.18. The predicted octanol–water partition coefficient (Wildman–Crippen LogP) is 5.64. The van der Waals surface area contributed by atoms with Crippen LogP contribution in [0.25, 0.3) is 0 Å². The van der Waals surface area contributed by atoms with E-state index in [1.807, 2.05) is 11.1 Å². The number of hydrogen-bond donors (Lipinski definition) is 1. The van der Waals surface area contributed by atoms with Crippen LogP contribution in [0.4, 0.5) is 13.2 Å². The highest BCUT2D eigenvalue weighted by Gasteiger charge is 2.43. The van der Waals surface area contributed by atoms with Crippen LogP contribution >= 0.6 is 11.8 Å². The van der Waals surface area contributed by atoms with Gasteiger partial charge < -0.3 is 10.0 Å². The number of aliphatic carboxylic acids is 1. The third kappa shape index (κ3) is 4.41. The summed E-state index contributed by atoms with van der Waals surface area (Å²) in [4.78, 5) is 13.8. The van der Waals surface area contributed by atoms with E-state index < -0.39 is 29.5 Å². The first-order valence-electron chi connectivity index (χ1n) is 10.5. The number of thioether (sulfide) groups is 1. The normalized spacial score (nSPS) is 28.1. The van der Waals surface area contributed by atoms with Gasteiger partial charge in [-0.3, -0.25) is 0 Å². The van der Waals surface area contributed by atoms with Crippen molar-refractivity contribution in [3.63, 3.8) is 0 Å². The second-order valence-corrected chi connectivity index (χ2v) is 9.68. The molecule has 0 spiro atoms. The zero-order chi connectivity index (χ0) is 21.3. The molecule has 162 valence electrons. The molecule has 3 nitrogen and oxygen atoms in total. The van der Waals surface area contributed by atoms with Crippen LogP contribution < -0.4 is 0 Å². The first kappa shape index (κ1) is 21.3. The monoisotopic (exact) mass is 437 g/mol. The van der Waals surface area contributed by atoms with Gasteiger partial charge in [-0.15, -0.1) is 11.8 Å². The van der Waals surface area contributed by atoms with Crippen molar-refractivity contribution in [2.75, 3.05) is 12.3 Å². The van der Waals surface area contributed by atoms with Gasteiger partial charge in [-0.1, -0.05) is 12.1 Å². The number of carboxylic acid groups (broad SMARTS) is 1. The van der Waals surface area contributed by atoms with Crippen molar-refractivity contribution < 1.29 is 23.1 Å². The lowest BCUT2D eigenvalue weighted by atomic mass is 9.96. The summed E-state index contributed by atoms with van der Waals surface area (Å²) in [5.74, 6) is -2.58. The molecule has 1 aliphatic heterocycles. The molecule has 30 heavy (non-hydrogen) atoms. The Kier molecular flexibility index (Phi) is 6.19. The van der Waals surface area contributed by atoms with E-state index in [2.05, 4.69) is 0 Å². The smallest absolute Gasteiger partial charge is 0.334 e. The summed E-state index contributed by atoms with van der Waals surface area (Å²) in [6.45, 7) is 0.780. The summed E-state index contributed by atoms with van der Waals surface area (Å²) < 4.78 is 42.1. The molecule has 2 aliphatic carbocycles. The van der Waals surface area contributed by atoms with E-state index in [0.29, 0.717) is 17.8 Å². The van der Waals surface area contributed by atoms with Gasteiger partial charge in [-0.2, -0.15) is 0 Å². The zero-order valence-corrected chi connectivity index (χ0v) is 17.5. The zero-order valence-electron chi connectivity index (χ0n) is 16.6. The number of halogens is 3. The summed E-state index contributed by atoms with van der Waals surface area (Å²) in [6, 6.07) is 4.28. The minimum absolute atomic E-state index is 0.0987. The average molecular weight is 438 g/mol. The van der Waals surface area contributed by atoms with Crippen molar-refractivity contribution in [2.24, 2.45) is 17.8 Å². The predicted molar refractivity (Wildman–Crippen MR) is 112 cm³/mol. The standard InChI is InChI=1S/C23H26F3NO2S/c24-18-9-7-17(8-10-18)23(25,26)11-13-30-21-19(22(28)29)2-1-12-27(21)14-20-15-3-4-16(20)6-5-15/h1-2,7-10,12,15-16,20-21H,3-6,11,13-14H2,(H,28,29). The lowest BCUT2D eigenvalue weighted by Crippen LogP contribution is -2.39. The Morgan fingerprint density at radius 1 is 1.13 bits per heavy atom. The third-order valence-electron chi connectivity index (χ3n) is 6.78. The molecule has 0 amide bonds. The van der Waals surface area contributed by atoms with Crippen LogP contribution in [-0.4, -0.2) is 33.6 Å². The molecule has 1 atom stereocenters. The molecule has 7 heteroatoms. The summed E-state index contributed by atoms with van der Waals surface area (Å²) in [5.41, 5.74) is 0.0133. The van der Waals surface area contributed by atoms with E-state index in [-0.39, 0.29) is 16.9 Å². The first-order chi connectivity index (χ1) is 14.3. The van der Waals surface area contributed by atoms with Crippen LogP contribution in [0.15, 0.2) is 48.2 Å². The van der Waals surface area contributed by atoms with Crippen LogP contribution in [0.2, 0.25) is 0 Å². The fourth-order valence-corrected chi connectivity index (χ4v) is 6.48. The molecular weight excluding hydrogens is 411 g/mol. The van der Waals surface area contributed by atoms with Crippen LogP contribution in [0, 0.1) is 23.6 Å². The maximum absolute atomic E-state index is 14.5. The largest absolute Gasteiger partial charge is 0.478 e. The molecule has 1 unspecified atom stereocenters. The second kappa shape index (κ2) is 8.69. The molecule has 4 rings (SSSR count). The van der Waals surface area contributed by atoms with Crippen molar-refractivity contribution in [1.29, 1.82) is 0 Å². The van der Waals surface area contributed by atoms with Crippen molar-refractivity contribution in [2.45, 2.75) is 43.4 Å². The molecule has 0 radical (unpaired) electrons. The van der Waals surface area contributed by atoms with Gasteiger partial charge >= 0.3 is 5.97 Å². The number of carboxylic acids is 1. The van der Waals surface area contributed by atoms with Gasteiger partial charge in [0.1, 0.15) is 11.2 Å². The maximum Gasteiger partial charge on any atom is 0.334 e. The average Bonchev–Trinajstić information content (AvgIpc) is 3.28. The highest BCUT2D eigenvalue weighted by molar-refractivity contribution is 8.00. The lowest BCUT2D eigenvalue weighted by Gasteiger charge is -2.36. The number of benzene rings is 1. The first-order valence-corrected chi connectivity index (χ1v) is 11.5. The van der Waals surface area contributed by atoms with Crippen LogP contribution in [-0.2, 0) is 10.7 Å². The van der Waals surface area contributed by atoms with E-state index in [1.54, 1.807) is 12.2 Å². The summed E-state index contributed by atoms with van der Waals surface area (Å²) >= 11 is 1.24. The van der Waals surface area contributed by atoms with Crippen molar-refractivity contribution in [3.8, 4) is 0 Å². The Labute approximate surface area is 179 Å². The molecule has 2 fully saturated rings. The second-order valence-electron chi connectivity index (χ2n) is 8.49. The molecule has 0 saturated heterocycles. The molecule has 1 aromatic carbocycles. The molecular formula is C23H26F3NO2S. The molecule has 2 saturated carbocycles. The number of carbonyl (C=O) groups is 1. The van der Waals surface area contributed by atoms with E-state index in [1.165, 1.54) is 37.4 Å². The number of allylic oxidation sites excluding steroid dienone is 2. The van der Waals surface area contributed by atoms with E-state index in [9.17, 15) is 23.1 Å². The Bertz CT molecular complexity index is 819. The molecule has 0 aromatic heterocycles. The van der Waals surface area contributed by atoms with Crippen LogP contribution in [0.1, 0.15) is 37.7 Å².